The minimum atomic E-state index is 0.0654. The fraction of sp³-hybridized carbons (Fsp3) is 0.500. The van der Waals surface area contributed by atoms with E-state index in [0.29, 0.717) is 23.8 Å². The van der Waals surface area contributed by atoms with Crippen molar-refractivity contribution >= 4 is 5.69 Å². The summed E-state index contributed by atoms with van der Waals surface area (Å²) in [5.74, 6) is 1.37. The van der Waals surface area contributed by atoms with Crippen molar-refractivity contribution in [2.24, 2.45) is 0 Å². The van der Waals surface area contributed by atoms with E-state index in [2.05, 4.69) is 0 Å². The van der Waals surface area contributed by atoms with E-state index in [1.807, 2.05) is 6.92 Å². The summed E-state index contributed by atoms with van der Waals surface area (Å²) in [5.41, 5.74) is 6.36. The average molecular weight is 225 g/mol. The zero-order valence-electron chi connectivity index (χ0n) is 10.0. The Balaban J connectivity index is 2.67. The van der Waals surface area contributed by atoms with E-state index in [1.165, 1.54) is 0 Å². The maximum Gasteiger partial charge on any atom is 0.163 e. The summed E-state index contributed by atoms with van der Waals surface area (Å²) in [6.45, 7) is 2.66. The third-order valence-corrected chi connectivity index (χ3v) is 2.24. The van der Waals surface area contributed by atoms with E-state index < -0.39 is 0 Å². The van der Waals surface area contributed by atoms with Crippen LogP contribution in [0.25, 0.3) is 0 Å². The van der Waals surface area contributed by atoms with E-state index in [9.17, 15) is 0 Å². The van der Waals surface area contributed by atoms with Crippen LogP contribution in [0.4, 0.5) is 5.69 Å². The molecular formula is C12H19NO3. The van der Waals surface area contributed by atoms with Gasteiger partial charge in [0.25, 0.3) is 0 Å². The lowest BCUT2D eigenvalue weighted by Gasteiger charge is -2.16. The van der Waals surface area contributed by atoms with Gasteiger partial charge in [-0.1, -0.05) is 0 Å². The molecule has 1 unspecified atom stereocenters. The molecule has 4 nitrogen and oxygen atoms in total. The lowest BCUT2D eigenvalue weighted by atomic mass is 10.2. The summed E-state index contributed by atoms with van der Waals surface area (Å²) < 4.78 is 15.9. The van der Waals surface area contributed by atoms with Gasteiger partial charge in [-0.15, -0.1) is 0 Å². The smallest absolute Gasteiger partial charge is 0.163 e. The molecule has 90 valence electrons. The number of hydrogen-bond acceptors (Lipinski definition) is 4. The number of hydrogen-bond donors (Lipinski definition) is 1. The first-order valence-electron chi connectivity index (χ1n) is 5.26. The lowest BCUT2D eigenvalue weighted by molar-refractivity contribution is 0.133. The van der Waals surface area contributed by atoms with Crippen molar-refractivity contribution in [2.75, 3.05) is 26.6 Å². The van der Waals surface area contributed by atoms with Gasteiger partial charge in [0.2, 0.25) is 0 Å². The molecular weight excluding hydrogens is 206 g/mol. The number of methoxy groups -OCH3 is 2. The van der Waals surface area contributed by atoms with Crippen LogP contribution >= 0.6 is 0 Å². The molecule has 1 atom stereocenters. The second kappa shape index (κ2) is 6.23. The van der Waals surface area contributed by atoms with Crippen LogP contribution in [0.3, 0.4) is 0 Å². The van der Waals surface area contributed by atoms with Gasteiger partial charge < -0.3 is 19.9 Å². The standard InChI is InChI=1S/C12H19NO3/c1-9(6-7-14-2)16-12-8-10(13)4-5-11(12)15-3/h4-5,8-9H,6-7,13H2,1-3H3. The monoisotopic (exact) mass is 225 g/mol. The first kappa shape index (κ1) is 12.6. The van der Waals surface area contributed by atoms with Crippen LogP contribution in [0.2, 0.25) is 0 Å². The van der Waals surface area contributed by atoms with Gasteiger partial charge >= 0.3 is 0 Å². The summed E-state index contributed by atoms with van der Waals surface area (Å²) in [4.78, 5) is 0. The van der Waals surface area contributed by atoms with Gasteiger partial charge in [-0.05, 0) is 19.1 Å². The van der Waals surface area contributed by atoms with Crippen molar-refractivity contribution in [3.05, 3.63) is 18.2 Å². The van der Waals surface area contributed by atoms with E-state index in [-0.39, 0.29) is 6.10 Å². The van der Waals surface area contributed by atoms with E-state index in [4.69, 9.17) is 19.9 Å². The number of anilines is 1. The Kier molecular flexibility index (Phi) is 4.92. The third kappa shape index (κ3) is 3.62. The summed E-state index contributed by atoms with van der Waals surface area (Å²) in [5, 5.41) is 0. The molecule has 0 saturated carbocycles. The number of ether oxygens (including phenoxy) is 3. The maximum absolute atomic E-state index is 5.73. The van der Waals surface area contributed by atoms with Gasteiger partial charge in [0.1, 0.15) is 0 Å². The fourth-order valence-corrected chi connectivity index (χ4v) is 1.34. The second-order valence-electron chi connectivity index (χ2n) is 3.62. The molecule has 0 aliphatic heterocycles. The SMILES string of the molecule is COCCC(C)Oc1cc(N)ccc1OC. The highest BCUT2D eigenvalue weighted by atomic mass is 16.5. The van der Waals surface area contributed by atoms with Crippen LogP contribution in [-0.2, 0) is 4.74 Å². The number of rotatable bonds is 6. The Morgan fingerprint density at radius 1 is 1.25 bits per heavy atom. The topological polar surface area (TPSA) is 53.7 Å². The minimum absolute atomic E-state index is 0.0654. The molecule has 0 aliphatic rings. The van der Waals surface area contributed by atoms with Crippen LogP contribution in [0.5, 0.6) is 11.5 Å². The minimum Gasteiger partial charge on any atom is -0.493 e. The second-order valence-corrected chi connectivity index (χ2v) is 3.62. The highest BCUT2D eigenvalue weighted by Crippen LogP contribution is 2.30. The Morgan fingerprint density at radius 3 is 2.62 bits per heavy atom. The third-order valence-electron chi connectivity index (χ3n) is 2.24. The lowest BCUT2D eigenvalue weighted by Crippen LogP contribution is -2.14. The van der Waals surface area contributed by atoms with Crippen LogP contribution in [0.15, 0.2) is 18.2 Å². The van der Waals surface area contributed by atoms with Crippen molar-refractivity contribution in [1.29, 1.82) is 0 Å². The maximum atomic E-state index is 5.73. The van der Waals surface area contributed by atoms with Crippen molar-refractivity contribution in [1.82, 2.24) is 0 Å². The molecule has 0 aromatic heterocycles. The molecule has 4 heteroatoms. The fourth-order valence-electron chi connectivity index (χ4n) is 1.34. The zero-order chi connectivity index (χ0) is 12.0. The molecule has 0 saturated heterocycles. The van der Waals surface area contributed by atoms with Gasteiger partial charge in [0.15, 0.2) is 11.5 Å². The number of nitrogens with two attached hydrogens (primary N) is 1. The molecule has 0 heterocycles. The molecule has 0 radical (unpaired) electrons. The molecule has 0 amide bonds. The predicted octanol–water partition coefficient (Wildman–Crippen LogP) is 2.08. The van der Waals surface area contributed by atoms with Crippen molar-refractivity contribution in [3.8, 4) is 11.5 Å². The quantitative estimate of drug-likeness (QED) is 0.753. The first-order valence-corrected chi connectivity index (χ1v) is 5.26. The molecule has 0 spiro atoms. The van der Waals surface area contributed by atoms with Crippen molar-refractivity contribution < 1.29 is 14.2 Å². The van der Waals surface area contributed by atoms with Crippen LogP contribution in [-0.4, -0.2) is 26.9 Å². The largest absolute Gasteiger partial charge is 0.493 e. The summed E-state index contributed by atoms with van der Waals surface area (Å²) >= 11 is 0. The van der Waals surface area contributed by atoms with Crippen LogP contribution in [0, 0.1) is 0 Å². The van der Waals surface area contributed by atoms with Crippen molar-refractivity contribution in [2.45, 2.75) is 19.4 Å². The molecule has 1 aromatic carbocycles. The normalized spacial score (nSPS) is 12.2. The highest BCUT2D eigenvalue weighted by molar-refractivity contribution is 5.51. The van der Waals surface area contributed by atoms with E-state index in [1.54, 1.807) is 32.4 Å². The van der Waals surface area contributed by atoms with E-state index in [0.717, 1.165) is 6.42 Å². The molecule has 2 N–H and O–H groups in total. The summed E-state index contributed by atoms with van der Waals surface area (Å²) in [6.07, 6.45) is 0.893. The predicted molar refractivity (Wildman–Crippen MR) is 64.0 cm³/mol. The van der Waals surface area contributed by atoms with Gasteiger partial charge in [-0.25, -0.2) is 0 Å². The Morgan fingerprint density at radius 2 is 2.00 bits per heavy atom. The molecule has 16 heavy (non-hydrogen) atoms. The van der Waals surface area contributed by atoms with Gasteiger partial charge in [0, 0.05) is 31.9 Å². The van der Waals surface area contributed by atoms with Crippen LogP contribution in [0.1, 0.15) is 13.3 Å². The Bertz CT molecular complexity index is 328. The van der Waals surface area contributed by atoms with Gasteiger partial charge in [-0.2, -0.15) is 0 Å². The molecule has 1 rings (SSSR count). The van der Waals surface area contributed by atoms with Gasteiger partial charge in [-0.3, -0.25) is 0 Å². The zero-order valence-corrected chi connectivity index (χ0v) is 10.0. The number of benzene rings is 1. The Labute approximate surface area is 96.3 Å². The van der Waals surface area contributed by atoms with Gasteiger partial charge in [0.05, 0.1) is 13.2 Å². The Hall–Kier alpha value is -1.42. The molecule has 1 aromatic rings. The van der Waals surface area contributed by atoms with Crippen LogP contribution < -0.4 is 15.2 Å². The molecule has 0 fully saturated rings. The summed E-state index contributed by atoms with van der Waals surface area (Å²) in [6, 6.07) is 5.35. The van der Waals surface area contributed by atoms with E-state index >= 15 is 0 Å². The average Bonchev–Trinajstić information content (AvgIpc) is 2.27. The van der Waals surface area contributed by atoms with Crippen molar-refractivity contribution in [3.63, 3.8) is 0 Å². The molecule has 0 bridgehead atoms. The first-order chi connectivity index (χ1) is 7.67. The molecule has 0 aliphatic carbocycles. The number of nitrogen functional groups attached to an aromatic ring is 1. The highest BCUT2D eigenvalue weighted by Gasteiger charge is 2.09. The summed E-state index contributed by atoms with van der Waals surface area (Å²) in [7, 11) is 3.28.